The van der Waals surface area contributed by atoms with Crippen LogP contribution in [0.2, 0.25) is 5.02 Å². The Hall–Kier alpha value is -1.40. The summed E-state index contributed by atoms with van der Waals surface area (Å²) in [6.45, 7) is 2.10. The summed E-state index contributed by atoms with van der Waals surface area (Å²) in [4.78, 5) is 0.227. The van der Waals surface area contributed by atoms with Crippen LogP contribution in [0.25, 0.3) is 0 Å². The van der Waals surface area contributed by atoms with E-state index in [0.29, 0.717) is 5.02 Å². The molecule has 1 saturated carbocycles. The van der Waals surface area contributed by atoms with Crippen LogP contribution < -0.4 is 11.5 Å². The summed E-state index contributed by atoms with van der Waals surface area (Å²) >= 11 is 5.84. The molecule has 3 rings (SSSR count). The van der Waals surface area contributed by atoms with Gasteiger partial charge in [-0.2, -0.15) is 0 Å². The zero-order chi connectivity index (χ0) is 16.8. The summed E-state index contributed by atoms with van der Waals surface area (Å²) in [7, 11) is -3.57. The molecule has 0 saturated heterocycles. The molecule has 0 spiro atoms. The van der Waals surface area contributed by atoms with Gasteiger partial charge in [0.05, 0.1) is 15.7 Å². The molecule has 1 aliphatic carbocycles. The van der Waals surface area contributed by atoms with Gasteiger partial charge in [0.25, 0.3) is 0 Å². The number of sulfone groups is 1. The fourth-order valence-corrected chi connectivity index (χ4v) is 5.61. The van der Waals surface area contributed by atoms with Gasteiger partial charge in [-0.25, -0.2) is 8.42 Å². The molecule has 6 heteroatoms. The van der Waals surface area contributed by atoms with Crippen LogP contribution in [0.5, 0.6) is 0 Å². The summed E-state index contributed by atoms with van der Waals surface area (Å²) in [6.07, 6.45) is 0. The van der Waals surface area contributed by atoms with Crippen LogP contribution in [0.15, 0.2) is 53.4 Å². The molecule has 1 fully saturated rings. The average molecular weight is 351 g/mol. The van der Waals surface area contributed by atoms with Crippen molar-refractivity contribution >= 4 is 21.4 Å². The van der Waals surface area contributed by atoms with E-state index < -0.39 is 20.6 Å². The smallest absolute Gasteiger partial charge is 0.183 e. The van der Waals surface area contributed by atoms with Crippen molar-refractivity contribution in [3.63, 3.8) is 0 Å². The monoisotopic (exact) mass is 350 g/mol. The molecule has 0 aromatic heterocycles. The number of nitrogens with two attached hydrogens (primary N) is 2. The molecule has 0 heterocycles. The van der Waals surface area contributed by atoms with Crippen molar-refractivity contribution in [3.8, 4) is 0 Å². The van der Waals surface area contributed by atoms with E-state index in [1.54, 1.807) is 12.1 Å². The Bertz CT molecular complexity index is 819. The molecule has 0 amide bonds. The quantitative estimate of drug-likeness (QED) is 0.885. The lowest BCUT2D eigenvalue weighted by molar-refractivity contribution is 0.586. The van der Waals surface area contributed by atoms with Crippen molar-refractivity contribution in [1.82, 2.24) is 0 Å². The maximum atomic E-state index is 13.0. The molecule has 4 nitrogen and oxygen atoms in total. The Balaban J connectivity index is 2.01. The molecule has 4 N–H and O–H groups in total. The lowest BCUT2D eigenvalue weighted by atomic mass is 10.1. The highest BCUT2D eigenvalue weighted by Gasteiger charge is 2.68. The highest BCUT2D eigenvalue weighted by atomic mass is 35.5. The Morgan fingerprint density at radius 3 is 2.17 bits per heavy atom. The highest BCUT2D eigenvalue weighted by molar-refractivity contribution is 7.92. The summed E-state index contributed by atoms with van der Waals surface area (Å²) < 4.78 is 25.9. The van der Waals surface area contributed by atoms with E-state index in [2.05, 4.69) is 0 Å². The first-order valence-electron chi connectivity index (χ1n) is 7.35. The van der Waals surface area contributed by atoms with Crippen molar-refractivity contribution in [1.29, 1.82) is 0 Å². The Labute approximate surface area is 141 Å². The molecule has 0 aliphatic heterocycles. The van der Waals surface area contributed by atoms with Gasteiger partial charge in [-0.15, -0.1) is 0 Å². The number of halogens is 1. The second-order valence-corrected chi connectivity index (χ2v) is 8.63. The second-order valence-electron chi connectivity index (χ2n) is 6.12. The van der Waals surface area contributed by atoms with E-state index in [0.717, 1.165) is 11.1 Å². The van der Waals surface area contributed by atoms with Gasteiger partial charge in [0.2, 0.25) is 0 Å². The van der Waals surface area contributed by atoms with Gasteiger partial charge in [-0.3, -0.25) is 0 Å². The highest BCUT2D eigenvalue weighted by Crippen LogP contribution is 2.55. The van der Waals surface area contributed by atoms with Crippen molar-refractivity contribution in [2.45, 2.75) is 28.5 Å². The van der Waals surface area contributed by atoms with Gasteiger partial charge in [-0.05, 0) is 36.8 Å². The zero-order valence-corrected chi connectivity index (χ0v) is 14.3. The number of hydrogen-bond donors (Lipinski definition) is 2. The van der Waals surface area contributed by atoms with E-state index >= 15 is 0 Å². The van der Waals surface area contributed by atoms with Gasteiger partial charge in [-0.1, -0.05) is 41.4 Å². The SMILES string of the molecule is Cc1ccc([C@H]2[C@@H](S(=O)(=O)c3ccc(Cl)cc3)[C@@]2(N)CN)cc1. The van der Waals surface area contributed by atoms with Crippen molar-refractivity contribution in [2.75, 3.05) is 6.54 Å². The standard InChI is InChI=1S/C17H19ClN2O2S/c1-11-2-4-12(5-3-11)15-16(17(15,20)10-19)23(21,22)14-8-6-13(18)7-9-14/h2-9,15-16H,10,19-20H2,1H3/t15-,16+,17+/m0/s1. The number of benzene rings is 2. The first-order valence-corrected chi connectivity index (χ1v) is 9.28. The molecular weight excluding hydrogens is 332 g/mol. The maximum absolute atomic E-state index is 13.0. The van der Waals surface area contributed by atoms with Crippen molar-refractivity contribution < 1.29 is 8.42 Å². The minimum absolute atomic E-state index is 0.114. The summed E-state index contributed by atoms with van der Waals surface area (Å²) in [6, 6.07) is 13.9. The first-order chi connectivity index (χ1) is 10.8. The molecule has 2 aromatic carbocycles. The number of aryl methyl sites for hydroxylation is 1. The lowest BCUT2D eigenvalue weighted by Gasteiger charge is -2.09. The van der Waals surface area contributed by atoms with Crippen LogP contribution in [0, 0.1) is 6.92 Å². The zero-order valence-electron chi connectivity index (χ0n) is 12.7. The predicted molar refractivity (Wildman–Crippen MR) is 92.3 cm³/mol. The fourth-order valence-electron chi connectivity index (χ4n) is 3.16. The maximum Gasteiger partial charge on any atom is 0.183 e. The molecule has 23 heavy (non-hydrogen) atoms. The van der Waals surface area contributed by atoms with Crippen LogP contribution in [-0.4, -0.2) is 25.8 Å². The van der Waals surface area contributed by atoms with E-state index in [1.807, 2.05) is 31.2 Å². The molecule has 0 bridgehead atoms. The van der Waals surface area contributed by atoms with E-state index in [1.165, 1.54) is 12.1 Å². The Morgan fingerprint density at radius 2 is 1.65 bits per heavy atom. The number of hydrogen-bond acceptors (Lipinski definition) is 4. The number of rotatable bonds is 4. The minimum Gasteiger partial charge on any atom is -0.329 e. The van der Waals surface area contributed by atoms with Gasteiger partial charge < -0.3 is 11.5 Å². The summed E-state index contributed by atoms with van der Waals surface area (Å²) in [5.74, 6) is -0.297. The largest absolute Gasteiger partial charge is 0.329 e. The molecule has 0 unspecified atom stereocenters. The van der Waals surface area contributed by atoms with Gasteiger partial charge >= 0.3 is 0 Å². The Kier molecular flexibility index (Phi) is 4.01. The van der Waals surface area contributed by atoms with Gasteiger partial charge in [0, 0.05) is 17.5 Å². The minimum atomic E-state index is -3.57. The van der Waals surface area contributed by atoms with Crippen molar-refractivity contribution in [2.24, 2.45) is 11.5 Å². The molecular formula is C17H19ClN2O2S. The van der Waals surface area contributed by atoms with Crippen molar-refractivity contribution in [3.05, 3.63) is 64.7 Å². The van der Waals surface area contributed by atoms with Crippen LogP contribution in [-0.2, 0) is 9.84 Å². The predicted octanol–water partition coefficient (Wildman–Crippen LogP) is 2.24. The Morgan fingerprint density at radius 1 is 1.09 bits per heavy atom. The first kappa shape index (κ1) is 16.5. The van der Waals surface area contributed by atoms with Crippen LogP contribution in [0.3, 0.4) is 0 Å². The van der Waals surface area contributed by atoms with Crippen LogP contribution >= 0.6 is 11.6 Å². The molecule has 3 atom stereocenters. The third kappa shape index (κ3) is 2.68. The van der Waals surface area contributed by atoms with Gasteiger partial charge in [0.15, 0.2) is 9.84 Å². The fraction of sp³-hybridized carbons (Fsp3) is 0.294. The summed E-state index contributed by atoms with van der Waals surface area (Å²) in [5.41, 5.74) is 13.2. The third-order valence-electron chi connectivity index (χ3n) is 4.57. The van der Waals surface area contributed by atoms with Gasteiger partial charge in [0.1, 0.15) is 0 Å². The van der Waals surface area contributed by atoms with E-state index in [-0.39, 0.29) is 17.4 Å². The van der Waals surface area contributed by atoms with Crippen LogP contribution in [0.1, 0.15) is 17.0 Å². The summed E-state index contributed by atoms with van der Waals surface area (Å²) in [5, 5.41) is -0.225. The van der Waals surface area contributed by atoms with E-state index in [4.69, 9.17) is 23.1 Å². The third-order valence-corrected chi connectivity index (χ3v) is 7.13. The molecule has 1 aliphatic rings. The van der Waals surface area contributed by atoms with Crippen LogP contribution in [0.4, 0.5) is 0 Å². The average Bonchev–Trinajstić information content (AvgIpc) is 3.16. The second kappa shape index (κ2) is 5.60. The molecule has 2 aromatic rings. The molecule has 0 radical (unpaired) electrons. The molecule has 122 valence electrons. The normalized spacial score (nSPS) is 27.0. The topological polar surface area (TPSA) is 86.2 Å². The van der Waals surface area contributed by atoms with E-state index in [9.17, 15) is 8.42 Å². The lowest BCUT2D eigenvalue weighted by Crippen LogP contribution is -2.39.